The zero-order valence-electron chi connectivity index (χ0n) is 19.8. The van der Waals surface area contributed by atoms with Crippen molar-refractivity contribution in [2.24, 2.45) is 11.8 Å². The number of rotatable bonds is 4. The molecule has 3 unspecified atom stereocenters. The number of nitrogens with one attached hydrogen (secondary N) is 1. The molecule has 8 heteroatoms. The summed E-state index contributed by atoms with van der Waals surface area (Å²) in [5.74, 6) is -4.18. The number of hydrogen-bond donors (Lipinski definition) is 1. The Bertz CT molecular complexity index is 1310. The van der Waals surface area contributed by atoms with Crippen molar-refractivity contribution in [3.8, 4) is 0 Å². The van der Waals surface area contributed by atoms with Crippen molar-refractivity contribution in [1.29, 1.82) is 0 Å². The summed E-state index contributed by atoms with van der Waals surface area (Å²) in [6.07, 6.45) is 1.25. The molecule has 0 saturated heterocycles. The number of allylic oxidation sites excluding steroid dienone is 3. The molecule has 0 fully saturated rings. The average Bonchev–Trinajstić information content (AvgIpc) is 2.78. The van der Waals surface area contributed by atoms with Crippen molar-refractivity contribution in [3.05, 3.63) is 68.9 Å². The zero-order chi connectivity index (χ0) is 24.7. The highest BCUT2D eigenvalue weighted by Crippen LogP contribution is 2.45. The van der Waals surface area contributed by atoms with Crippen LogP contribution in [-0.4, -0.2) is 30.9 Å². The molecule has 0 amide bonds. The molecule has 2 aliphatic rings. The first-order chi connectivity index (χ1) is 16.1. The number of hydrogen-bond acceptors (Lipinski definition) is 8. The van der Waals surface area contributed by atoms with Crippen molar-refractivity contribution < 1.29 is 28.3 Å². The van der Waals surface area contributed by atoms with Gasteiger partial charge in [-0.25, -0.2) is 4.79 Å². The van der Waals surface area contributed by atoms with Crippen molar-refractivity contribution in [3.63, 3.8) is 0 Å². The Morgan fingerprint density at radius 2 is 1.88 bits per heavy atom. The second-order valence-corrected chi connectivity index (χ2v) is 9.01. The van der Waals surface area contributed by atoms with Crippen molar-refractivity contribution in [1.82, 2.24) is 5.32 Å². The van der Waals surface area contributed by atoms with Gasteiger partial charge in [-0.1, -0.05) is 19.1 Å². The van der Waals surface area contributed by atoms with E-state index in [1.165, 1.54) is 13.4 Å². The smallest absolute Gasteiger partial charge is 0.337 e. The molecular formula is C26H27NO7. The first-order valence-corrected chi connectivity index (χ1v) is 11.2. The van der Waals surface area contributed by atoms with Crippen LogP contribution in [0, 0.1) is 11.8 Å². The van der Waals surface area contributed by atoms with Gasteiger partial charge in [-0.3, -0.25) is 14.4 Å². The number of carbonyl (C=O) groups is 3. The number of esters is 2. The highest BCUT2D eigenvalue weighted by molar-refractivity contribution is 6.12. The van der Waals surface area contributed by atoms with Gasteiger partial charge in [0.2, 0.25) is 0 Å². The van der Waals surface area contributed by atoms with Crippen LogP contribution in [-0.2, 0) is 23.9 Å². The van der Waals surface area contributed by atoms with Gasteiger partial charge in [0.15, 0.2) is 11.2 Å². The minimum atomic E-state index is -1.05. The molecule has 178 valence electrons. The van der Waals surface area contributed by atoms with Gasteiger partial charge in [0.25, 0.3) is 0 Å². The fourth-order valence-electron chi connectivity index (χ4n) is 4.83. The summed E-state index contributed by atoms with van der Waals surface area (Å²) < 4.78 is 16.1. The SMILES string of the molecule is COC(=O)C1C(=O)C2=C(CC1C)NC(C)=C(C(=O)OC(C)C)C2c1coc2ccccc2c1=O. The van der Waals surface area contributed by atoms with E-state index in [1.807, 2.05) is 0 Å². The second kappa shape index (κ2) is 8.93. The number of Topliss-reactive ketones (excluding diaryl/α,β-unsaturated/α-hetero) is 1. The van der Waals surface area contributed by atoms with Crippen LogP contribution >= 0.6 is 0 Å². The van der Waals surface area contributed by atoms with Gasteiger partial charge < -0.3 is 19.2 Å². The van der Waals surface area contributed by atoms with Crippen LogP contribution in [0.25, 0.3) is 11.0 Å². The maximum absolute atomic E-state index is 13.7. The van der Waals surface area contributed by atoms with Crippen LogP contribution in [0.1, 0.15) is 45.6 Å². The number of para-hydroxylation sites is 1. The van der Waals surface area contributed by atoms with Gasteiger partial charge in [-0.05, 0) is 45.2 Å². The van der Waals surface area contributed by atoms with E-state index >= 15 is 0 Å². The molecular weight excluding hydrogens is 438 g/mol. The topological polar surface area (TPSA) is 112 Å². The van der Waals surface area contributed by atoms with E-state index in [0.29, 0.717) is 28.8 Å². The van der Waals surface area contributed by atoms with E-state index in [-0.39, 0.29) is 28.1 Å². The molecule has 0 radical (unpaired) electrons. The number of benzene rings is 1. The maximum Gasteiger partial charge on any atom is 0.337 e. The van der Waals surface area contributed by atoms with Gasteiger partial charge in [0, 0.05) is 22.5 Å². The lowest BCUT2D eigenvalue weighted by molar-refractivity contribution is -0.151. The Hall–Kier alpha value is -3.68. The highest BCUT2D eigenvalue weighted by Gasteiger charge is 2.48. The molecule has 2 aromatic rings. The third-order valence-electron chi connectivity index (χ3n) is 6.32. The summed E-state index contributed by atoms with van der Waals surface area (Å²) in [5.41, 5.74) is 1.56. The molecule has 1 aromatic carbocycles. The largest absolute Gasteiger partial charge is 0.468 e. The first kappa shape index (κ1) is 23.5. The van der Waals surface area contributed by atoms with Gasteiger partial charge >= 0.3 is 11.9 Å². The molecule has 34 heavy (non-hydrogen) atoms. The summed E-state index contributed by atoms with van der Waals surface area (Å²) in [5, 5.41) is 3.50. The standard InChI is InChI=1S/C26H27NO7/c1-12(2)34-26(31)20-14(4)27-17-10-13(3)19(25(30)32-5)24(29)22(17)21(20)16-11-33-18-9-7-6-8-15(18)23(16)28/h6-9,11-13,19,21,27H,10H2,1-5H3. The molecule has 0 bridgehead atoms. The lowest BCUT2D eigenvalue weighted by atomic mass is 9.69. The second-order valence-electron chi connectivity index (χ2n) is 9.01. The van der Waals surface area contributed by atoms with Crippen molar-refractivity contribution in [2.45, 2.75) is 46.1 Å². The van der Waals surface area contributed by atoms with E-state index < -0.39 is 35.7 Å². The zero-order valence-corrected chi connectivity index (χ0v) is 19.8. The van der Waals surface area contributed by atoms with E-state index in [0.717, 1.165) is 0 Å². The van der Waals surface area contributed by atoms with Crippen LogP contribution < -0.4 is 10.7 Å². The fourth-order valence-corrected chi connectivity index (χ4v) is 4.83. The summed E-state index contributed by atoms with van der Waals surface area (Å²) in [6.45, 7) is 6.94. The van der Waals surface area contributed by atoms with Gasteiger partial charge in [-0.15, -0.1) is 0 Å². The maximum atomic E-state index is 13.7. The Balaban J connectivity index is 1.97. The Morgan fingerprint density at radius 3 is 2.56 bits per heavy atom. The van der Waals surface area contributed by atoms with Crippen LogP contribution in [0.2, 0.25) is 0 Å². The Labute approximate surface area is 196 Å². The molecule has 3 atom stereocenters. The van der Waals surface area contributed by atoms with E-state index in [2.05, 4.69) is 5.32 Å². The Kier molecular flexibility index (Phi) is 6.17. The first-order valence-electron chi connectivity index (χ1n) is 11.2. The number of fused-ring (bicyclic) bond motifs is 1. The summed E-state index contributed by atoms with van der Waals surface area (Å²) in [4.78, 5) is 53.0. The molecule has 0 saturated carbocycles. The molecule has 8 nitrogen and oxygen atoms in total. The number of methoxy groups -OCH3 is 1. The normalized spacial score (nSPS) is 22.5. The minimum absolute atomic E-state index is 0.134. The van der Waals surface area contributed by atoms with Crippen LogP contribution in [0.3, 0.4) is 0 Å². The lowest BCUT2D eigenvalue weighted by Crippen LogP contribution is -2.44. The van der Waals surface area contributed by atoms with Crippen molar-refractivity contribution in [2.75, 3.05) is 7.11 Å². The Morgan fingerprint density at radius 1 is 1.18 bits per heavy atom. The number of carbonyl (C=O) groups excluding carboxylic acids is 3. The van der Waals surface area contributed by atoms with E-state index in [1.54, 1.807) is 52.0 Å². The van der Waals surface area contributed by atoms with Gasteiger partial charge in [0.1, 0.15) is 11.5 Å². The molecule has 2 heterocycles. The fraction of sp³-hybridized carbons (Fsp3) is 0.385. The van der Waals surface area contributed by atoms with Crippen molar-refractivity contribution >= 4 is 28.7 Å². The summed E-state index contributed by atoms with van der Waals surface area (Å²) >= 11 is 0. The highest BCUT2D eigenvalue weighted by atomic mass is 16.5. The lowest BCUT2D eigenvalue weighted by Gasteiger charge is -2.38. The monoisotopic (exact) mass is 465 g/mol. The molecule has 1 aromatic heterocycles. The van der Waals surface area contributed by atoms with Gasteiger partial charge in [0.05, 0.1) is 36.4 Å². The van der Waals surface area contributed by atoms with E-state index in [9.17, 15) is 19.2 Å². The van der Waals surface area contributed by atoms with Crippen LogP contribution in [0.5, 0.6) is 0 Å². The summed E-state index contributed by atoms with van der Waals surface area (Å²) in [6, 6.07) is 6.76. The third-order valence-corrected chi connectivity index (χ3v) is 6.32. The number of dihydropyridines is 1. The molecule has 4 rings (SSSR count). The van der Waals surface area contributed by atoms with Crippen LogP contribution in [0.15, 0.2) is 62.3 Å². The average molecular weight is 466 g/mol. The summed E-state index contributed by atoms with van der Waals surface area (Å²) in [7, 11) is 1.23. The predicted octanol–water partition coefficient (Wildman–Crippen LogP) is 3.36. The number of ketones is 1. The molecule has 1 N–H and O–H groups in total. The predicted molar refractivity (Wildman–Crippen MR) is 124 cm³/mol. The van der Waals surface area contributed by atoms with E-state index in [4.69, 9.17) is 13.9 Å². The molecule has 0 spiro atoms. The minimum Gasteiger partial charge on any atom is -0.468 e. The van der Waals surface area contributed by atoms with Crippen LogP contribution in [0.4, 0.5) is 0 Å². The molecule has 1 aliphatic carbocycles. The number of ether oxygens (including phenoxy) is 2. The van der Waals surface area contributed by atoms with Gasteiger partial charge in [-0.2, -0.15) is 0 Å². The third kappa shape index (κ3) is 3.83. The quantitative estimate of drug-likeness (QED) is 0.540. The molecule has 1 aliphatic heterocycles.